The van der Waals surface area contributed by atoms with Crippen LogP contribution in [0.1, 0.15) is 23.6 Å². The van der Waals surface area contributed by atoms with E-state index in [1.165, 1.54) is 6.07 Å². The van der Waals surface area contributed by atoms with E-state index < -0.39 is 24.1 Å². The highest BCUT2D eigenvalue weighted by atomic mass is 79.9. The molecule has 1 aromatic carbocycles. The van der Waals surface area contributed by atoms with Crippen molar-refractivity contribution in [2.45, 2.75) is 19.5 Å². The molecule has 0 atom stereocenters. The van der Waals surface area contributed by atoms with E-state index in [0.717, 1.165) is 6.07 Å². The van der Waals surface area contributed by atoms with E-state index in [-0.39, 0.29) is 22.2 Å². The largest absolute Gasteiger partial charge is 0.466 e. The van der Waals surface area contributed by atoms with Gasteiger partial charge in [0.2, 0.25) is 0 Å². The maximum absolute atomic E-state index is 13.0. The first-order valence-electron chi connectivity index (χ1n) is 5.25. The first-order chi connectivity index (χ1) is 8.81. The lowest BCUT2D eigenvalue weighted by atomic mass is 10.0. The number of halogens is 4. The van der Waals surface area contributed by atoms with E-state index in [2.05, 4.69) is 20.7 Å². The summed E-state index contributed by atoms with van der Waals surface area (Å²) < 4.78 is 43.2. The molecule has 0 bridgehead atoms. The van der Waals surface area contributed by atoms with Crippen molar-refractivity contribution in [1.29, 1.82) is 5.26 Å². The van der Waals surface area contributed by atoms with Crippen LogP contribution in [0.3, 0.4) is 0 Å². The predicted octanol–water partition coefficient (Wildman–Crippen LogP) is 3.45. The van der Waals surface area contributed by atoms with Gasteiger partial charge in [-0.2, -0.15) is 18.4 Å². The molecule has 1 rings (SSSR count). The third kappa shape index (κ3) is 3.70. The van der Waals surface area contributed by atoms with Crippen LogP contribution in [0.25, 0.3) is 0 Å². The van der Waals surface area contributed by atoms with Gasteiger partial charge < -0.3 is 4.74 Å². The smallest absolute Gasteiger partial charge is 0.417 e. The van der Waals surface area contributed by atoms with Crippen LogP contribution in [-0.2, 0) is 22.1 Å². The summed E-state index contributed by atoms with van der Waals surface area (Å²) in [4.78, 5) is 11.3. The van der Waals surface area contributed by atoms with Crippen molar-refractivity contribution in [2.75, 3.05) is 6.61 Å². The summed E-state index contributed by atoms with van der Waals surface area (Å²) in [6.07, 6.45) is -5.15. The normalized spacial score (nSPS) is 10.9. The van der Waals surface area contributed by atoms with Gasteiger partial charge in [-0.1, -0.05) is 6.07 Å². The first kappa shape index (κ1) is 15.5. The lowest BCUT2D eigenvalue weighted by molar-refractivity contribution is -0.143. The summed E-state index contributed by atoms with van der Waals surface area (Å²) >= 11 is 2.76. The topological polar surface area (TPSA) is 50.1 Å². The van der Waals surface area contributed by atoms with E-state index in [4.69, 9.17) is 5.26 Å². The second kappa shape index (κ2) is 6.06. The Morgan fingerprint density at radius 3 is 2.58 bits per heavy atom. The number of carbonyl (C=O) groups excluding carboxylic acids is 1. The molecule has 0 heterocycles. The van der Waals surface area contributed by atoms with Crippen molar-refractivity contribution in [3.05, 3.63) is 33.3 Å². The fourth-order valence-electron chi connectivity index (χ4n) is 1.52. The Kier molecular flexibility index (Phi) is 4.95. The minimum atomic E-state index is -4.66. The summed E-state index contributed by atoms with van der Waals surface area (Å²) in [5.74, 6) is -0.746. The van der Waals surface area contributed by atoms with Crippen molar-refractivity contribution in [3.8, 4) is 6.07 Å². The second-order valence-corrected chi connectivity index (χ2v) is 4.35. The highest BCUT2D eigenvalue weighted by Gasteiger charge is 2.37. The number of benzene rings is 1. The Morgan fingerprint density at radius 1 is 1.47 bits per heavy atom. The quantitative estimate of drug-likeness (QED) is 0.795. The Bertz CT molecular complexity index is 535. The molecule has 0 N–H and O–H groups in total. The Hall–Kier alpha value is -1.55. The van der Waals surface area contributed by atoms with Crippen LogP contribution in [0.5, 0.6) is 0 Å². The number of rotatable bonds is 3. The fourth-order valence-corrected chi connectivity index (χ4v) is 2.22. The highest BCUT2D eigenvalue weighted by molar-refractivity contribution is 9.10. The molecule has 0 saturated heterocycles. The third-order valence-corrected chi connectivity index (χ3v) is 3.10. The average Bonchev–Trinajstić information content (AvgIpc) is 2.27. The number of hydrogen-bond acceptors (Lipinski definition) is 3. The zero-order chi connectivity index (χ0) is 14.6. The summed E-state index contributed by atoms with van der Waals surface area (Å²) in [5.41, 5.74) is -1.38. The van der Waals surface area contributed by atoms with Crippen LogP contribution in [0.15, 0.2) is 16.6 Å². The zero-order valence-electron chi connectivity index (χ0n) is 9.84. The SMILES string of the molecule is CCOC(=O)Cc1ccc(C#N)c(Br)c1C(F)(F)F. The summed E-state index contributed by atoms with van der Waals surface area (Å²) in [6.45, 7) is 1.66. The van der Waals surface area contributed by atoms with Gasteiger partial charge in [0.25, 0.3) is 0 Å². The molecule has 0 aromatic heterocycles. The molecular weight excluding hydrogens is 327 g/mol. The van der Waals surface area contributed by atoms with Gasteiger partial charge in [0.05, 0.1) is 24.2 Å². The van der Waals surface area contributed by atoms with Gasteiger partial charge in [0.1, 0.15) is 6.07 Å². The Labute approximate surface area is 116 Å². The molecule has 19 heavy (non-hydrogen) atoms. The molecule has 0 radical (unpaired) electrons. The van der Waals surface area contributed by atoms with E-state index >= 15 is 0 Å². The molecule has 0 fully saturated rings. The number of ether oxygens (including phenoxy) is 1. The summed E-state index contributed by atoms with van der Waals surface area (Å²) in [5, 5.41) is 8.73. The zero-order valence-corrected chi connectivity index (χ0v) is 11.4. The molecule has 0 aliphatic carbocycles. The van der Waals surface area contributed by atoms with Crippen LogP contribution < -0.4 is 0 Å². The fraction of sp³-hybridized carbons (Fsp3) is 0.333. The van der Waals surface area contributed by atoms with Crippen LogP contribution >= 0.6 is 15.9 Å². The van der Waals surface area contributed by atoms with Gasteiger partial charge in [-0.15, -0.1) is 0 Å². The van der Waals surface area contributed by atoms with E-state index in [1.807, 2.05) is 0 Å². The van der Waals surface area contributed by atoms with Crippen LogP contribution in [0, 0.1) is 11.3 Å². The lowest BCUT2D eigenvalue weighted by Gasteiger charge is -2.15. The van der Waals surface area contributed by atoms with Crippen LogP contribution in [0.4, 0.5) is 13.2 Å². The van der Waals surface area contributed by atoms with Gasteiger partial charge in [-0.05, 0) is 34.5 Å². The van der Waals surface area contributed by atoms with Crippen molar-refractivity contribution in [2.24, 2.45) is 0 Å². The number of alkyl halides is 3. The lowest BCUT2D eigenvalue weighted by Crippen LogP contribution is -2.15. The van der Waals surface area contributed by atoms with E-state index in [0.29, 0.717) is 0 Å². The molecule has 0 saturated carbocycles. The second-order valence-electron chi connectivity index (χ2n) is 3.55. The number of carbonyl (C=O) groups is 1. The first-order valence-corrected chi connectivity index (χ1v) is 6.04. The summed E-state index contributed by atoms with van der Waals surface area (Å²) in [6, 6.07) is 3.99. The van der Waals surface area contributed by atoms with Crippen molar-refractivity contribution in [1.82, 2.24) is 0 Å². The van der Waals surface area contributed by atoms with Gasteiger partial charge in [-0.3, -0.25) is 4.79 Å². The van der Waals surface area contributed by atoms with E-state index in [9.17, 15) is 18.0 Å². The van der Waals surface area contributed by atoms with Crippen LogP contribution in [0.2, 0.25) is 0 Å². The molecule has 0 unspecified atom stereocenters. The van der Waals surface area contributed by atoms with Gasteiger partial charge in [0, 0.05) is 4.47 Å². The molecular formula is C12H9BrF3NO2. The monoisotopic (exact) mass is 335 g/mol. The van der Waals surface area contributed by atoms with Crippen molar-refractivity contribution in [3.63, 3.8) is 0 Å². The summed E-state index contributed by atoms with van der Waals surface area (Å²) in [7, 11) is 0. The average molecular weight is 336 g/mol. The third-order valence-electron chi connectivity index (χ3n) is 2.27. The Balaban J connectivity index is 3.29. The van der Waals surface area contributed by atoms with Gasteiger partial charge in [-0.25, -0.2) is 0 Å². The number of nitrogens with zero attached hydrogens (tertiary/aromatic N) is 1. The number of nitriles is 1. The molecule has 3 nitrogen and oxygen atoms in total. The van der Waals surface area contributed by atoms with Crippen molar-refractivity contribution >= 4 is 21.9 Å². The Morgan fingerprint density at radius 2 is 2.11 bits per heavy atom. The molecule has 0 aliphatic rings. The highest BCUT2D eigenvalue weighted by Crippen LogP contribution is 2.39. The minimum absolute atomic E-state index is 0.0949. The predicted molar refractivity (Wildman–Crippen MR) is 64.2 cm³/mol. The molecule has 0 aliphatic heterocycles. The number of esters is 1. The maximum Gasteiger partial charge on any atom is 0.417 e. The van der Waals surface area contributed by atoms with E-state index in [1.54, 1.807) is 13.0 Å². The standard InChI is InChI=1S/C12H9BrF3NO2/c1-2-19-9(18)5-7-3-4-8(6-17)11(13)10(7)12(14,15)16/h3-4H,2,5H2,1H3. The van der Waals surface area contributed by atoms with Crippen molar-refractivity contribution < 1.29 is 22.7 Å². The van der Waals surface area contributed by atoms with Crippen LogP contribution in [-0.4, -0.2) is 12.6 Å². The molecule has 7 heteroatoms. The molecule has 0 spiro atoms. The number of hydrogen-bond donors (Lipinski definition) is 0. The maximum atomic E-state index is 13.0. The minimum Gasteiger partial charge on any atom is -0.466 e. The van der Waals surface area contributed by atoms with Gasteiger partial charge in [0.15, 0.2) is 0 Å². The molecule has 1 aromatic rings. The molecule has 0 amide bonds. The van der Waals surface area contributed by atoms with Gasteiger partial charge >= 0.3 is 12.1 Å². The molecule has 102 valence electrons.